The van der Waals surface area contributed by atoms with Crippen LogP contribution >= 0.6 is 22.7 Å². The molecule has 0 amide bonds. The van der Waals surface area contributed by atoms with Crippen molar-refractivity contribution in [3.63, 3.8) is 0 Å². The summed E-state index contributed by atoms with van der Waals surface area (Å²) in [6, 6.07) is 20.5. The van der Waals surface area contributed by atoms with Crippen molar-refractivity contribution in [2.75, 3.05) is 6.61 Å². The second kappa shape index (κ2) is 11.8. The van der Waals surface area contributed by atoms with E-state index in [1.54, 1.807) is 11.5 Å². The first-order chi connectivity index (χ1) is 18.5. The van der Waals surface area contributed by atoms with Gasteiger partial charge in [-0.2, -0.15) is 0 Å². The van der Waals surface area contributed by atoms with Crippen molar-refractivity contribution in [2.45, 2.75) is 39.3 Å². The molecular formula is C30H28N2O4S2. The average molecular weight is 545 g/mol. The van der Waals surface area contributed by atoms with Crippen LogP contribution in [0.25, 0.3) is 6.08 Å². The molecule has 0 radical (unpaired) electrons. The Morgan fingerprint density at radius 3 is 2.58 bits per heavy atom. The Bertz CT molecular complexity index is 1620. The van der Waals surface area contributed by atoms with E-state index in [2.05, 4.69) is 11.9 Å². The predicted molar refractivity (Wildman–Crippen MR) is 151 cm³/mol. The average Bonchev–Trinajstić information content (AvgIpc) is 3.57. The van der Waals surface area contributed by atoms with E-state index in [9.17, 15) is 9.59 Å². The molecule has 0 bridgehead atoms. The Balaban J connectivity index is 1.48. The first-order valence-corrected chi connectivity index (χ1v) is 14.2. The Hall–Kier alpha value is -3.75. The summed E-state index contributed by atoms with van der Waals surface area (Å²) in [6.07, 6.45) is 3.95. The molecule has 0 aliphatic carbocycles. The zero-order chi connectivity index (χ0) is 26.5. The molecule has 2 aromatic carbocycles. The summed E-state index contributed by atoms with van der Waals surface area (Å²) in [5.41, 5.74) is 2.55. The van der Waals surface area contributed by atoms with Crippen molar-refractivity contribution in [2.24, 2.45) is 4.99 Å². The third-order valence-corrected chi connectivity index (χ3v) is 8.12. The van der Waals surface area contributed by atoms with Crippen molar-refractivity contribution in [3.8, 4) is 5.75 Å². The molecule has 2 aromatic heterocycles. The van der Waals surface area contributed by atoms with E-state index >= 15 is 0 Å². The molecule has 5 rings (SSSR count). The normalized spacial score (nSPS) is 15.2. The maximum atomic E-state index is 13.7. The molecule has 0 unspecified atom stereocenters. The molecule has 38 heavy (non-hydrogen) atoms. The third kappa shape index (κ3) is 5.56. The van der Waals surface area contributed by atoms with E-state index in [-0.39, 0.29) is 12.2 Å². The van der Waals surface area contributed by atoms with Crippen molar-refractivity contribution < 1.29 is 14.3 Å². The molecule has 194 valence electrons. The van der Waals surface area contributed by atoms with Crippen LogP contribution < -0.4 is 19.6 Å². The van der Waals surface area contributed by atoms with Gasteiger partial charge >= 0.3 is 5.97 Å². The minimum atomic E-state index is -0.592. The maximum absolute atomic E-state index is 13.7. The highest BCUT2D eigenvalue weighted by Gasteiger charge is 2.34. The van der Waals surface area contributed by atoms with Crippen LogP contribution in [0.4, 0.5) is 0 Å². The molecule has 6 nitrogen and oxygen atoms in total. The molecule has 4 aromatic rings. The van der Waals surface area contributed by atoms with Gasteiger partial charge in [-0.3, -0.25) is 9.36 Å². The van der Waals surface area contributed by atoms with Crippen LogP contribution in [0.2, 0.25) is 0 Å². The quantitative estimate of drug-likeness (QED) is 0.214. The lowest BCUT2D eigenvalue weighted by atomic mass is 10.0. The zero-order valence-electron chi connectivity index (χ0n) is 21.3. The van der Waals surface area contributed by atoms with Gasteiger partial charge in [-0.1, -0.05) is 73.2 Å². The van der Waals surface area contributed by atoms with Gasteiger partial charge in [0.05, 0.1) is 22.4 Å². The fourth-order valence-corrected chi connectivity index (χ4v) is 6.12. The van der Waals surface area contributed by atoms with E-state index < -0.39 is 12.0 Å². The number of aromatic nitrogens is 1. The van der Waals surface area contributed by atoms with Gasteiger partial charge < -0.3 is 9.47 Å². The molecule has 1 aliphatic rings. The molecule has 0 saturated heterocycles. The first-order valence-electron chi connectivity index (χ1n) is 12.5. The van der Waals surface area contributed by atoms with Crippen LogP contribution in [-0.4, -0.2) is 17.1 Å². The van der Waals surface area contributed by atoms with Crippen molar-refractivity contribution in [3.05, 3.63) is 119 Å². The van der Waals surface area contributed by atoms with Gasteiger partial charge in [0.15, 0.2) is 4.80 Å². The fourth-order valence-electron chi connectivity index (χ4n) is 4.25. The van der Waals surface area contributed by atoms with E-state index in [1.807, 2.05) is 78.2 Å². The summed E-state index contributed by atoms with van der Waals surface area (Å²) in [7, 11) is 0. The number of hydrogen-bond acceptors (Lipinski definition) is 7. The third-order valence-electron chi connectivity index (χ3n) is 6.21. The number of carbonyl (C=O) groups is 1. The van der Waals surface area contributed by atoms with Crippen molar-refractivity contribution in [1.29, 1.82) is 0 Å². The minimum absolute atomic E-state index is 0.149. The van der Waals surface area contributed by atoms with E-state index in [1.165, 1.54) is 22.7 Å². The van der Waals surface area contributed by atoms with Crippen LogP contribution in [0.15, 0.2) is 93.2 Å². The highest BCUT2D eigenvalue weighted by molar-refractivity contribution is 7.10. The van der Waals surface area contributed by atoms with Gasteiger partial charge in [0.2, 0.25) is 0 Å². The molecule has 1 aliphatic heterocycles. The Kier molecular flexibility index (Phi) is 8.00. The van der Waals surface area contributed by atoms with Crippen LogP contribution in [0, 0.1) is 0 Å². The second-order valence-corrected chi connectivity index (χ2v) is 10.9. The van der Waals surface area contributed by atoms with E-state index in [4.69, 9.17) is 9.47 Å². The molecule has 8 heteroatoms. The standard InChI is InChI=1S/C30H28N2O4S2/c1-3-4-16-35-23-14-12-21(13-15-23)18-25-28(33)32-27(24-11-8-17-37-24)26(20(2)31-30(32)38-25)29(34)36-19-22-9-6-5-7-10-22/h5-15,17-18,27H,3-4,16,19H2,1-2H3/b25-18-/t27-/m0/s1. The lowest BCUT2D eigenvalue weighted by molar-refractivity contribution is -0.140. The summed E-state index contributed by atoms with van der Waals surface area (Å²) < 4.78 is 13.6. The largest absolute Gasteiger partial charge is 0.494 e. The second-order valence-electron chi connectivity index (χ2n) is 8.93. The number of benzene rings is 2. The van der Waals surface area contributed by atoms with Crippen molar-refractivity contribution in [1.82, 2.24) is 4.57 Å². The number of nitrogens with zero attached hydrogens (tertiary/aromatic N) is 2. The van der Waals surface area contributed by atoms with Gasteiger partial charge in [0.25, 0.3) is 5.56 Å². The summed E-state index contributed by atoms with van der Waals surface area (Å²) in [4.78, 5) is 33.2. The number of ether oxygens (including phenoxy) is 2. The molecule has 0 spiro atoms. The summed E-state index contributed by atoms with van der Waals surface area (Å²) in [5, 5.41) is 1.94. The number of esters is 1. The smallest absolute Gasteiger partial charge is 0.338 e. The van der Waals surface area contributed by atoms with Gasteiger partial charge in [-0.05, 0) is 54.1 Å². The van der Waals surface area contributed by atoms with Crippen molar-refractivity contribution >= 4 is 34.7 Å². The summed E-state index contributed by atoms with van der Waals surface area (Å²) in [6.45, 7) is 4.76. The Morgan fingerprint density at radius 2 is 1.87 bits per heavy atom. The minimum Gasteiger partial charge on any atom is -0.494 e. The lowest BCUT2D eigenvalue weighted by Gasteiger charge is -2.23. The Morgan fingerprint density at radius 1 is 1.08 bits per heavy atom. The predicted octanol–water partition coefficient (Wildman–Crippen LogP) is 5.22. The first kappa shape index (κ1) is 25.9. The molecule has 0 fully saturated rings. The molecule has 0 N–H and O–H groups in total. The van der Waals surface area contributed by atoms with Crippen LogP contribution in [0.5, 0.6) is 5.75 Å². The van der Waals surface area contributed by atoms with E-state index in [0.29, 0.717) is 27.2 Å². The number of thiazole rings is 1. The Labute approximate surface area is 228 Å². The van der Waals surface area contributed by atoms with Gasteiger partial charge in [-0.25, -0.2) is 9.79 Å². The van der Waals surface area contributed by atoms with Crippen LogP contribution in [-0.2, 0) is 16.1 Å². The number of hydrogen-bond donors (Lipinski definition) is 0. The fraction of sp³-hybridized carbons (Fsp3) is 0.233. The summed E-state index contributed by atoms with van der Waals surface area (Å²) >= 11 is 2.82. The SMILES string of the molecule is CCCCOc1ccc(/C=c2\sc3n(c2=O)[C@@H](c2cccs2)C(C(=O)OCc2ccccc2)=C(C)N=3)cc1. The van der Waals surface area contributed by atoms with Gasteiger partial charge in [0, 0.05) is 4.88 Å². The number of carbonyl (C=O) groups excluding carboxylic acids is 1. The summed E-state index contributed by atoms with van der Waals surface area (Å²) in [5.74, 6) is 0.338. The maximum Gasteiger partial charge on any atom is 0.338 e. The zero-order valence-corrected chi connectivity index (χ0v) is 22.9. The molecular weight excluding hydrogens is 516 g/mol. The molecule has 3 heterocycles. The number of unbranched alkanes of at least 4 members (excludes halogenated alkanes) is 1. The van der Waals surface area contributed by atoms with Gasteiger partial charge in [0.1, 0.15) is 18.4 Å². The monoisotopic (exact) mass is 544 g/mol. The number of thiophene rings is 1. The van der Waals surface area contributed by atoms with Crippen LogP contribution in [0.1, 0.15) is 48.7 Å². The highest BCUT2D eigenvalue weighted by atomic mass is 32.1. The van der Waals surface area contributed by atoms with Gasteiger partial charge in [-0.15, -0.1) is 11.3 Å². The lowest BCUT2D eigenvalue weighted by Crippen LogP contribution is -2.39. The number of rotatable bonds is 9. The number of fused-ring (bicyclic) bond motifs is 1. The highest BCUT2D eigenvalue weighted by Crippen LogP contribution is 2.33. The van der Waals surface area contributed by atoms with Crippen LogP contribution in [0.3, 0.4) is 0 Å². The molecule has 1 atom stereocenters. The van der Waals surface area contributed by atoms with E-state index in [0.717, 1.165) is 34.6 Å². The topological polar surface area (TPSA) is 69.9 Å². The molecule has 0 saturated carbocycles. The number of allylic oxidation sites excluding steroid dienone is 1.